The number of aromatic amines is 1. The van der Waals surface area contributed by atoms with E-state index in [1.165, 1.54) is 6.07 Å². The Kier molecular flexibility index (Phi) is 4.29. The van der Waals surface area contributed by atoms with Gasteiger partial charge in [0.25, 0.3) is 0 Å². The number of rotatable bonds is 5. The van der Waals surface area contributed by atoms with Gasteiger partial charge in [-0.1, -0.05) is 6.92 Å². The Bertz CT molecular complexity index is 651. The van der Waals surface area contributed by atoms with Crippen LogP contribution >= 0.6 is 0 Å². The Morgan fingerprint density at radius 2 is 2.15 bits per heavy atom. The van der Waals surface area contributed by atoms with Crippen molar-refractivity contribution in [1.82, 2.24) is 14.8 Å². The maximum absolute atomic E-state index is 13.8. The van der Waals surface area contributed by atoms with E-state index in [0.717, 1.165) is 16.7 Å². The standard InChI is InChI=1S/C13H15F2N3O2/c1-3-11(20-4-2)12-16-17-13(19)18(12)10-6-5-8(14)7-9(10)15/h5-7,11H,3-4H2,1-2H3,(H,17,19)/t11-/m0/s1. The second-order valence-corrected chi connectivity index (χ2v) is 4.17. The second-order valence-electron chi connectivity index (χ2n) is 4.17. The van der Waals surface area contributed by atoms with Crippen molar-refractivity contribution < 1.29 is 13.5 Å². The average molecular weight is 283 g/mol. The third-order valence-electron chi connectivity index (χ3n) is 2.88. The first kappa shape index (κ1) is 14.4. The SMILES string of the molecule is CCO[C@@H](CC)c1n[nH]c(=O)n1-c1ccc(F)cc1F. The average Bonchev–Trinajstić information content (AvgIpc) is 2.78. The number of benzene rings is 1. The normalized spacial score (nSPS) is 12.6. The molecular formula is C13H15F2N3O2. The molecule has 1 heterocycles. The molecule has 20 heavy (non-hydrogen) atoms. The minimum atomic E-state index is -0.832. The Hall–Kier alpha value is -2.02. The van der Waals surface area contributed by atoms with Crippen molar-refractivity contribution in [1.29, 1.82) is 0 Å². The third kappa shape index (κ3) is 2.62. The van der Waals surface area contributed by atoms with Crippen molar-refractivity contribution >= 4 is 0 Å². The molecule has 5 nitrogen and oxygen atoms in total. The van der Waals surface area contributed by atoms with Crippen LogP contribution in [0.25, 0.3) is 5.69 Å². The molecule has 0 aliphatic heterocycles. The number of H-pyrrole nitrogens is 1. The third-order valence-corrected chi connectivity index (χ3v) is 2.88. The van der Waals surface area contributed by atoms with Crippen molar-refractivity contribution in [2.24, 2.45) is 0 Å². The quantitative estimate of drug-likeness (QED) is 0.916. The molecule has 0 spiro atoms. The topological polar surface area (TPSA) is 59.9 Å². The van der Waals surface area contributed by atoms with Gasteiger partial charge in [-0.05, 0) is 25.5 Å². The van der Waals surface area contributed by atoms with Crippen molar-refractivity contribution in [2.45, 2.75) is 26.4 Å². The molecule has 1 N–H and O–H groups in total. The first-order valence-corrected chi connectivity index (χ1v) is 6.32. The Labute approximate surface area is 114 Å². The number of halogens is 2. The monoisotopic (exact) mass is 283 g/mol. The van der Waals surface area contributed by atoms with E-state index in [9.17, 15) is 13.6 Å². The van der Waals surface area contributed by atoms with Gasteiger partial charge in [0, 0.05) is 12.7 Å². The summed E-state index contributed by atoms with van der Waals surface area (Å²) in [6.07, 6.45) is 0.129. The summed E-state index contributed by atoms with van der Waals surface area (Å²) < 4.78 is 33.4. The highest BCUT2D eigenvalue weighted by Crippen LogP contribution is 2.22. The van der Waals surface area contributed by atoms with E-state index in [4.69, 9.17) is 4.74 Å². The number of hydrogen-bond acceptors (Lipinski definition) is 3. The molecule has 0 saturated carbocycles. The summed E-state index contributed by atoms with van der Waals surface area (Å²) in [7, 11) is 0. The van der Waals surface area contributed by atoms with Crippen LogP contribution in [0.1, 0.15) is 32.2 Å². The zero-order valence-electron chi connectivity index (χ0n) is 11.2. The van der Waals surface area contributed by atoms with E-state index >= 15 is 0 Å². The molecule has 1 atom stereocenters. The van der Waals surface area contributed by atoms with Gasteiger partial charge in [0.2, 0.25) is 0 Å². The van der Waals surface area contributed by atoms with Crippen LogP contribution in [0, 0.1) is 11.6 Å². The molecule has 1 aromatic heterocycles. The second kappa shape index (κ2) is 5.96. The molecule has 2 aromatic rings. The van der Waals surface area contributed by atoms with E-state index in [0.29, 0.717) is 13.0 Å². The summed E-state index contributed by atoms with van der Waals surface area (Å²) in [5.41, 5.74) is -0.651. The molecule has 0 amide bonds. The lowest BCUT2D eigenvalue weighted by Crippen LogP contribution is -2.20. The highest BCUT2D eigenvalue weighted by Gasteiger charge is 2.21. The van der Waals surface area contributed by atoms with Crippen LogP contribution in [-0.2, 0) is 4.74 Å². The fourth-order valence-electron chi connectivity index (χ4n) is 2.00. The van der Waals surface area contributed by atoms with Crippen molar-refractivity contribution in [2.75, 3.05) is 6.61 Å². The fourth-order valence-corrected chi connectivity index (χ4v) is 2.00. The summed E-state index contributed by atoms with van der Waals surface area (Å²) in [6.45, 7) is 4.12. The highest BCUT2D eigenvalue weighted by molar-refractivity contribution is 5.35. The Morgan fingerprint density at radius 1 is 1.40 bits per heavy atom. The molecule has 0 aliphatic rings. The predicted octanol–water partition coefficient (Wildman–Crippen LogP) is 2.33. The molecule has 2 rings (SSSR count). The van der Waals surface area contributed by atoms with E-state index in [-0.39, 0.29) is 11.5 Å². The first-order chi connectivity index (χ1) is 9.58. The molecule has 0 bridgehead atoms. The maximum atomic E-state index is 13.8. The number of nitrogens with zero attached hydrogens (tertiary/aromatic N) is 2. The summed E-state index contributed by atoms with van der Waals surface area (Å²) in [5, 5.41) is 6.15. The van der Waals surface area contributed by atoms with E-state index in [1.54, 1.807) is 0 Å². The van der Waals surface area contributed by atoms with Crippen LogP contribution in [0.3, 0.4) is 0 Å². The molecular weight excluding hydrogens is 268 g/mol. The molecule has 0 radical (unpaired) electrons. The number of aromatic nitrogens is 3. The summed E-state index contributed by atoms with van der Waals surface area (Å²) in [5.74, 6) is -1.27. The van der Waals surface area contributed by atoms with Crippen LogP contribution in [0.15, 0.2) is 23.0 Å². The molecule has 108 valence electrons. The van der Waals surface area contributed by atoms with Crippen LogP contribution < -0.4 is 5.69 Å². The molecule has 0 aliphatic carbocycles. The maximum Gasteiger partial charge on any atom is 0.348 e. The van der Waals surface area contributed by atoms with Crippen molar-refractivity contribution in [3.63, 3.8) is 0 Å². The lowest BCUT2D eigenvalue weighted by molar-refractivity contribution is 0.0521. The van der Waals surface area contributed by atoms with Crippen molar-refractivity contribution in [3.8, 4) is 5.69 Å². The zero-order valence-corrected chi connectivity index (χ0v) is 11.2. The van der Waals surface area contributed by atoms with Gasteiger partial charge in [-0.2, -0.15) is 5.10 Å². The molecule has 0 unspecified atom stereocenters. The van der Waals surface area contributed by atoms with E-state index in [2.05, 4.69) is 10.2 Å². The lowest BCUT2D eigenvalue weighted by atomic mass is 10.2. The van der Waals surface area contributed by atoms with Crippen LogP contribution in [-0.4, -0.2) is 21.4 Å². The first-order valence-electron chi connectivity index (χ1n) is 6.32. The predicted molar refractivity (Wildman–Crippen MR) is 68.8 cm³/mol. The number of ether oxygens (including phenoxy) is 1. The fraction of sp³-hybridized carbons (Fsp3) is 0.385. The molecule has 1 aromatic carbocycles. The van der Waals surface area contributed by atoms with Crippen LogP contribution in [0.4, 0.5) is 8.78 Å². The van der Waals surface area contributed by atoms with Crippen molar-refractivity contribution in [3.05, 3.63) is 46.1 Å². The van der Waals surface area contributed by atoms with Crippen LogP contribution in [0.2, 0.25) is 0 Å². The van der Waals surface area contributed by atoms with Gasteiger partial charge < -0.3 is 4.74 Å². The number of hydrogen-bond donors (Lipinski definition) is 1. The van der Waals surface area contributed by atoms with Gasteiger partial charge in [-0.3, -0.25) is 0 Å². The minimum Gasteiger partial charge on any atom is -0.370 e. The Morgan fingerprint density at radius 3 is 2.75 bits per heavy atom. The van der Waals surface area contributed by atoms with E-state index < -0.39 is 23.4 Å². The Balaban J connectivity index is 2.56. The van der Waals surface area contributed by atoms with Gasteiger partial charge >= 0.3 is 5.69 Å². The summed E-state index contributed by atoms with van der Waals surface area (Å²) in [4.78, 5) is 11.8. The zero-order chi connectivity index (χ0) is 14.7. The largest absolute Gasteiger partial charge is 0.370 e. The number of nitrogens with one attached hydrogen (secondary N) is 1. The van der Waals surface area contributed by atoms with E-state index in [1.807, 2.05) is 13.8 Å². The van der Waals surface area contributed by atoms with Gasteiger partial charge in [0.05, 0.1) is 5.69 Å². The lowest BCUT2D eigenvalue weighted by Gasteiger charge is -2.15. The summed E-state index contributed by atoms with van der Waals surface area (Å²) >= 11 is 0. The minimum absolute atomic E-state index is 0.0571. The molecule has 0 saturated heterocycles. The van der Waals surface area contributed by atoms with Gasteiger partial charge in [-0.15, -0.1) is 0 Å². The van der Waals surface area contributed by atoms with Gasteiger partial charge in [-0.25, -0.2) is 23.2 Å². The molecule has 7 heteroatoms. The van der Waals surface area contributed by atoms with Gasteiger partial charge in [0.15, 0.2) is 5.82 Å². The molecule has 0 fully saturated rings. The summed E-state index contributed by atoms with van der Waals surface area (Å²) in [6, 6.07) is 3.01. The van der Waals surface area contributed by atoms with Crippen LogP contribution in [0.5, 0.6) is 0 Å². The smallest absolute Gasteiger partial charge is 0.348 e. The highest BCUT2D eigenvalue weighted by atomic mass is 19.1. The van der Waals surface area contributed by atoms with Gasteiger partial charge in [0.1, 0.15) is 17.7 Å².